The topological polar surface area (TPSA) is 40.5 Å². The van der Waals surface area contributed by atoms with E-state index in [1.165, 1.54) is 16.7 Å². The second-order valence-corrected chi connectivity index (χ2v) is 6.24. The summed E-state index contributed by atoms with van der Waals surface area (Å²) in [6.45, 7) is 9.88. The first-order valence-electron chi connectivity index (χ1n) is 8.20. The van der Waals surface area contributed by atoms with Crippen LogP contribution in [0.2, 0.25) is 0 Å². The molecule has 0 heterocycles. The smallest absolute Gasteiger partial charge is 0.120 e. The summed E-state index contributed by atoms with van der Waals surface area (Å²) in [6.07, 6.45) is 7.92. The second-order valence-electron chi connectivity index (χ2n) is 6.24. The summed E-state index contributed by atoms with van der Waals surface area (Å²) in [5, 5.41) is 17.5. The van der Waals surface area contributed by atoms with Crippen molar-refractivity contribution in [2.75, 3.05) is 7.11 Å². The Morgan fingerprint density at radius 3 is 1.92 bits per heavy atom. The molecule has 0 fully saturated rings. The molecule has 1 atom stereocenters. The summed E-state index contributed by atoms with van der Waals surface area (Å²) >= 11 is 0. The molecule has 0 saturated carbocycles. The monoisotopic (exact) mass is 330 g/mol. The van der Waals surface area contributed by atoms with Crippen LogP contribution >= 0.6 is 0 Å². The summed E-state index contributed by atoms with van der Waals surface area (Å²) in [4.78, 5) is 0. The van der Waals surface area contributed by atoms with Gasteiger partial charge in [-0.1, -0.05) is 55.7 Å². The van der Waals surface area contributed by atoms with E-state index in [9.17, 15) is 5.11 Å². The number of benzene rings is 2. The second kappa shape index (κ2) is 6.23. The van der Waals surface area contributed by atoms with Crippen molar-refractivity contribution in [3.63, 3.8) is 0 Å². The lowest BCUT2D eigenvalue weighted by Crippen LogP contribution is -2.19. The van der Waals surface area contributed by atoms with Crippen molar-refractivity contribution >= 4 is 23.5 Å². The van der Waals surface area contributed by atoms with Gasteiger partial charge in [0, 0.05) is 12.7 Å². The van der Waals surface area contributed by atoms with Gasteiger partial charge in [-0.3, -0.25) is 0 Å². The van der Waals surface area contributed by atoms with Crippen LogP contribution in [0.5, 0.6) is 0 Å². The van der Waals surface area contributed by atoms with Crippen molar-refractivity contribution in [3.05, 3.63) is 95.1 Å². The van der Waals surface area contributed by atoms with Gasteiger partial charge in [-0.15, -0.1) is 0 Å². The number of rotatable bonds is 2. The minimum absolute atomic E-state index is 0.344. The van der Waals surface area contributed by atoms with E-state index >= 15 is 0 Å². The van der Waals surface area contributed by atoms with Gasteiger partial charge in [0.05, 0.1) is 5.41 Å². The van der Waals surface area contributed by atoms with Crippen molar-refractivity contribution in [1.29, 1.82) is 0 Å². The molecule has 0 aliphatic heterocycles. The SMILES string of the molecule is C=Cc1ccc2c(c1)C1(C=C2C)C=C(O)c2ccc(C=C)cc21.CO. The van der Waals surface area contributed by atoms with E-state index in [2.05, 4.69) is 50.4 Å². The number of aliphatic hydroxyl groups is 2. The zero-order valence-electron chi connectivity index (χ0n) is 14.6. The molecule has 1 spiro atoms. The molecule has 0 radical (unpaired) electrons. The Kier molecular flexibility index (Phi) is 4.23. The van der Waals surface area contributed by atoms with Gasteiger partial charge in [-0.05, 0) is 58.5 Å². The van der Waals surface area contributed by atoms with Gasteiger partial charge < -0.3 is 10.2 Å². The number of fused-ring (bicyclic) bond motifs is 4. The zero-order valence-corrected chi connectivity index (χ0v) is 14.6. The first kappa shape index (κ1) is 17.0. The minimum atomic E-state index is -0.392. The number of hydrogen-bond acceptors (Lipinski definition) is 2. The van der Waals surface area contributed by atoms with Crippen molar-refractivity contribution in [2.24, 2.45) is 0 Å². The summed E-state index contributed by atoms with van der Waals surface area (Å²) in [5.74, 6) is 0.344. The van der Waals surface area contributed by atoms with E-state index in [-0.39, 0.29) is 0 Å². The first-order chi connectivity index (χ1) is 12.1. The summed E-state index contributed by atoms with van der Waals surface area (Å²) in [6, 6.07) is 12.5. The van der Waals surface area contributed by atoms with Crippen molar-refractivity contribution < 1.29 is 10.2 Å². The van der Waals surface area contributed by atoms with E-state index in [1.54, 1.807) is 0 Å². The van der Waals surface area contributed by atoms with Crippen molar-refractivity contribution in [1.82, 2.24) is 0 Å². The maximum Gasteiger partial charge on any atom is 0.120 e. The van der Waals surface area contributed by atoms with Crippen LogP contribution in [0.4, 0.5) is 0 Å². The summed E-state index contributed by atoms with van der Waals surface area (Å²) in [5.41, 5.74) is 7.45. The van der Waals surface area contributed by atoms with Gasteiger partial charge >= 0.3 is 0 Å². The average molecular weight is 330 g/mol. The minimum Gasteiger partial charge on any atom is -0.508 e. The summed E-state index contributed by atoms with van der Waals surface area (Å²) in [7, 11) is 1.00. The predicted molar refractivity (Wildman–Crippen MR) is 106 cm³/mol. The molecule has 2 heteroatoms. The Morgan fingerprint density at radius 2 is 1.36 bits per heavy atom. The standard InChI is InChI=1S/C22H18O.CH4O/c1-4-15-6-8-17-14(3)12-22(19(17)10-15)13-21(23)18-9-7-16(5-2)11-20(18)22;1-2/h4-13,23H,1-2H2,3H3;2H,1H3. The number of allylic oxidation sites excluding steroid dienone is 3. The molecule has 0 bridgehead atoms. The first-order valence-corrected chi connectivity index (χ1v) is 8.20. The largest absolute Gasteiger partial charge is 0.508 e. The van der Waals surface area contributed by atoms with Crippen LogP contribution in [0.15, 0.2) is 61.7 Å². The summed E-state index contributed by atoms with van der Waals surface area (Å²) < 4.78 is 0. The molecular weight excluding hydrogens is 308 g/mol. The molecule has 2 aliphatic carbocycles. The van der Waals surface area contributed by atoms with Crippen LogP contribution in [0.1, 0.15) is 40.3 Å². The highest BCUT2D eigenvalue weighted by Crippen LogP contribution is 2.52. The Bertz CT molecular complexity index is 852. The molecule has 0 amide bonds. The molecule has 2 aromatic rings. The predicted octanol–water partition coefficient (Wildman–Crippen LogP) is 5.20. The van der Waals surface area contributed by atoms with Crippen LogP contribution in [-0.2, 0) is 5.41 Å². The van der Waals surface area contributed by atoms with Crippen molar-refractivity contribution in [2.45, 2.75) is 12.3 Å². The average Bonchev–Trinajstić information content (AvgIpc) is 3.10. The fraction of sp³-hybridized carbons (Fsp3) is 0.130. The fourth-order valence-corrected chi connectivity index (χ4v) is 3.84. The highest BCUT2D eigenvalue weighted by Gasteiger charge is 2.43. The molecule has 2 aromatic carbocycles. The Hall–Kier alpha value is -2.84. The van der Waals surface area contributed by atoms with Crippen LogP contribution in [0.3, 0.4) is 0 Å². The molecule has 25 heavy (non-hydrogen) atoms. The molecule has 0 saturated heterocycles. The van der Waals surface area contributed by atoms with Gasteiger partial charge in [-0.25, -0.2) is 0 Å². The molecule has 2 aliphatic rings. The van der Waals surface area contributed by atoms with Gasteiger partial charge in [0.2, 0.25) is 0 Å². The lowest BCUT2D eigenvalue weighted by molar-refractivity contribution is 0.399. The molecular formula is C23H22O2. The van der Waals surface area contributed by atoms with Crippen LogP contribution in [-0.4, -0.2) is 17.3 Å². The lowest BCUT2D eigenvalue weighted by Gasteiger charge is -2.24. The highest BCUT2D eigenvalue weighted by atomic mass is 16.3. The number of hydrogen-bond donors (Lipinski definition) is 2. The quantitative estimate of drug-likeness (QED) is 0.795. The maximum atomic E-state index is 10.5. The van der Waals surface area contributed by atoms with Crippen LogP contribution < -0.4 is 0 Å². The van der Waals surface area contributed by atoms with Crippen LogP contribution in [0.25, 0.3) is 23.5 Å². The zero-order chi connectivity index (χ0) is 18.2. The maximum absolute atomic E-state index is 10.5. The van der Waals surface area contributed by atoms with E-state index in [0.717, 1.165) is 29.4 Å². The van der Waals surface area contributed by atoms with Gasteiger partial charge in [0.15, 0.2) is 0 Å². The molecule has 1 unspecified atom stereocenters. The Labute approximate surface area is 148 Å². The van der Waals surface area contributed by atoms with E-state index in [0.29, 0.717) is 5.76 Å². The third-order valence-corrected chi connectivity index (χ3v) is 4.96. The van der Waals surface area contributed by atoms with E-state index in [1.807, 2.05) is 30.4 Å². The third kappa shape index (κ3) is 2.38. The molecule has 2 nitrogen and oxygen atoms in total. The van der Waals surface area contributed by atoms with Gasteiger partial charge in [-0.2, -0.15) is 0 Å². The fourth-order valence-electron chi connectivity index (χ4n) is 3.84. The van der Waals surface area contributed by atoms with Gasteiger partial charge in [0.25, 0.3) is 0 Å². The molecule has 0 aromatic heterocycles. The van der Waals surface area contributed by atoms with Gasteiger partial charge in [0.1, 0.15) is 5.76 Å². The highest BCUT2D eigenvalue weighted by molar-refractivity contribution is 5.87. The number of aliphatic hydroxyl groups excluding tert-OH is 2. The van der Waals surface area contributed by atoms with Crippen molar-refractivity contribution in [3.8, 4) is 0 Å². The molecule has 2 N–H and O–H groups in total. The lowest BCUT2D eigenvalue weighted by atomic mass is 9.77. The molecule has 4 rings (SSSR count). The third-order valence-electron chi connectivity index (χ3n) is 4.96. The Morgan fingerprint density at radius 1 is 0.840 bits per heavy atom. The normalized spacial score (nSPS) is 19.3. The van der Waals surface area contributed by atoms with Crippen LogP contribution in [0, 0.1) is 0 Å². The van der Waals surface area contributed by atoms with E-state index < -0.39 is 5.41 Å². The van der Waals surface area contributed by atoms with E-state index in [4.69, 9.17) is 5.11 Å². The Balaban J connectivity index is 0.000000880. The molecule has 126 valence electrons.